The molecule has 2 N–H and O–H groups in total. The van der Waals surface area contributed by atoms with Gasteiger partial charge in [0.25, 0.3) is 0 Å². The molecular weight excluding hydrogens is 360 g/mol. The number of nitrogens with one attached hydrogen (secondary N) is 2. The number of carbonyl (C=O) groups excluding carboxylic acids is 2. The molecule has 1 heterocycles. The minimum absolute atomic E-state index is 0.00416. The molecule has 1 saturated heterocycles. The van der Waals surface area contributed by atoms with Crippen LogP contribution in [-0.2, 0) is 9.59 Å². The van der Waals surface area contributed by atoms with E-state index in [0.717, 1.165) is 31.0 Å². The minimum atomic E-state index is -0.405. The van der Waals surface area contributed by atoms with E-state index in [1.807, 2.05) is 31.2 Å². The molecule has 1 aromatic rings. The van der Waals surface area contributed by atoms with E-state index in [9.17, 15) is 9.59 Å². The van der Waals surface area contributed by atoms with Crippen molar-refractivity contribution in [3.8, 4) is 0 Å². The molecule has 0 spiro atoms. The van der Waals surface area contributed by atoms with Crippen LogP contribution in [0.3, 0.4) is 0 Å². The lowest BCUT2D eigenvalue weighted by Crippen LogP contribution is -2.36. The van der Waals surface area contributed by atoms with E-state index in [2.05, 4.69) is 28.2 Å². The molecule has 2 amide bonds. The van der Waals surface area contributed by atoms with Crippen LogP contribution in [-0.4, -0.2) is 66.6 Å². The van der Waals surface area contributed by atoms with Crippen molar-refractivity contribution in [1.82, 2.24) is 9.80 Å². The average Bonchev–Trinajstić information content (AvgIpc) is 2.70. The van der Waals surface area contributed by atoms with Gasteiger partial charge in [0, 0.05) is 44.5 Å². The number of hydrogen-bond acceptors (Lipinski definition) is 5. The van der Waals surface area contributed by atoms with Crippen molar-refractivity contribution in [1.29, 1.82) is 0 Å². The third kappa shape index (κ3) is 7.42. The molecular formula is C20H32N4O2S. The highest BCUT2D eigenvalue weighted by Gasteiger charge is 2.17. The van der Waals surface area contributed by atoms with E-state index in [-0.39, 0.29) is 11.8 Å². The van der Waals surface area contributed by atoms with Crippen LogP contribution in [0.15, 0.2) is 24.3 Å². The number of amides is 2. The Labute approximate surface area is 168 Å². The summed E-state index contributed by atoms with van der Waals surface area (Å²) < 4.78 is 0. The molecule has 27 heavy (non-hydrogen) atoms. The van der Waals surface area contributed by atoms with E-state index in [4.69, 9.17) is 0 Å². The van der Waals surface area contributed by atoms with Crippen molar-refractivity contribution in [3.05, 3.63) is 24.3 Å². The number of carbonyl (C=O) groups is 2. The first-order valence-electron chi connectivity index (χ1n) is 9.78. The molecule has 0 aliphatic carbocycles. The molecule has 0 aromatic heterocycles. The predicted molar refractivity (Wildman–Crippen MR) is 115 cm³/mol. The van der Waals surface area contributed by atoms with Crippen molar-refractivity contribution in [2.75, 3.05) is 50.4 Å². The second-order valence-corrected chi connectivity index (χ2v) is 7.65. The Balaban J connectivity index is 1.78. The molecule has 1 aliphatic heterocycles. The van der Waals surface area contributed by atoms with Gasteiger partial charge in [-0.15, -0.1) is 0 Å². The number of benzene rings is 1. The third-order valence-electron chi connectivity index (χ3n) is 4.89. The fourth-order valence-corrected chi connectivity index (χ4v) is 3.37. The van der Waals surface area contributed by atoms with Crippen molar-refractivity contribution < 1.29 is 9.59 Å². The van der Waals surface area contributed by atoms with Crippen molar-refractivity contribution >= 4 is 35.8 Å². The quantitative estimate of drug-likeness (QED) is 0.566. The lowest BCUT2D eigenvalue weighted by Gasteiger charge is -2.25. The zero-order valence-corrected chi connectivity index (χ0v) is 17.3. The van der Waals surface area contributed by atoms with Crippen LogP contribution in [0, 0.1) is 0 Å². The SMILES string of the molecule is CCN(C)C(=O)C(S)CNc1cccc(NC(=O)CCN2CCCCC2)c1. The summed E-state index contributed by atoms with van der Waals surface area (Å²) in [7, 11) is 1.77. The summed E-state index contributed by atoms with van der Waals surface area (Å²) in [5.74, 6) is 0.0278. The van der Waals surface area contributed by atoms with Crippen LogP contribution in [0.1, 0.15) is 32.6 Å². The summed E-state index contributed by atoms with van der Waals surface area (Å²) in [5, 5.41) is 5.77. The van der Waals surface area contributed by atoms with E-state index < -0.39 is 5.25 Å². The Bertz CT molecular complexity index is 620. The molecule has 150 valence electrons. The van der Waals surface area contributed by atoms with Gasteiger partial charge in [-0.2, -0.15) is 12.6 Å². The third-order valence-corrected chi connectivity index (χ3v) is 5.29. The second-order valence-electron chi connectivity index (χ2n) is 7.03. The molecule has 1 fully saturated rings. The summed E-state index contributed by atoms with van der Waals surface area (Å²) >= 11 is 4.38. The van der Waals surface area contributed by atoms with Gasteiger partial charge in [0.05, 0.1) is 5.25 Å². The van der Waals surface area contributed by atoms with Crippen molar-refractivity contribution in [2.45, 2.75) is 37.9 Å². The maximum absolute atomic E-state index is 12.2. The first-order valence-corrected chi connectivity index (χ1v) is 10.3. The van der Waals surface area contributed by atoms with E-state index in [0.29, 0.717) is 19.5 Å². The first kappa shape index (κ1) is 21.6. The molecule has 1 aromatic carbocycles. The monoisotopic (exact) mass is 392 g/mol. The molecule has 2 rings (SSSR count). The summed E-state index contributed by atoms with van der Waals surface area (Å²) in [5.41, 5.74) is 1.62. The molecule has 1 aliphatic rings. The molecule has 6 nitrogen and oxygen atoms in total. The molecule has 1 atom stereocenters. The minimum Gasteiger partial charge on any atom is -0.383 e. The van der Waals surface area contributed by atoms with Crippen molar-refractivity contribution in [3.63, 3.8) is 0 Å². The van der Waals surface area contributed by atoms with Crippen LogP contribution in [0.25, 0.3) is 0 Å². The maximum Gasteiger partial charge on any atom is 0.236 e. The topological polar surface area (TPSA) is 64.7 Å². The van der Waals surface area contributed by atoms with E-state index in [1.54, 1.807) is 11.9 Å². The number of nitrogens with zero attached hydrogens (tertiary/aromatic N) is 2. The van der Waals surface area contributed by atoms with Crippen molar-refractivity contribution in [2.24, 2.45) is 0 Å². The van der Waals surface area contributed by atoms with Gasteiger partial charge in [-0.25, -0.2) is 0 Å². The van der Waals surface area contributed by atoms with E-state index in [1.165, 1.54) is 19.3 Å². The summed E-state index contributed by atoms with van der Waals surface area (Å²) in [4.78, 5) is 28.3. The fourth-order valence-electron chi connectivity index (χ4n) is 3.09. The van der Waals surface area contributed by atoms with Crippen LogP contribution in [0.5, 0.6) is 0 Å². The van der Waals surface area contributed by atoms with E-state index >= 15 is 0 Å². The van der Waals surface area contributed by atoms with Crippen LogP contribution >= 0.6 is 12.6 Å². The highest BCUT2D eigenvalue weighted by Crippen LogP contribution is 2.16. The van der Waals surface area contributed by atoms with Gasteiger partial charge in [0.2, 0.25) is 11.8 Å². The first-order chi connectivity index (χ1) is 13.0. The van der Waals surface area contributed by atoms with Crippen LogP contribution in [0.4, 0.5) is 11.4 Å². The summed E-state index contributed by atoms with van der Waals surface area (Å²) in [6.45, 7) is 6.04. The molecule has 0 saturated carbocycles. The molecule has 7 heteroatoms. The second kappa shape index (κ2) is 11.2. The lowest BCUT2D eigenvalue weighted by molar-refractivity contribution is -0.128. The predicted octanol–water partition coefficient (Wildman–Crippen LogP) is 2.69. The van der Waals surface area contributed by atoms with Gasteiger partial charge in [-0.3, -0.25) is 9.59 Å². The number of likely N-dealkylation sites (tertiary alicyclic amines) is 1. The van der Waals surface area contributed by atoms with Gasteiger partial charge in [-0.05, 0) is 51.1 Å². The molecule has 0 radical (unpaired) electrons. The Morgan fingerprint density at radius 1 is 1.22 bits per heavy atom. The van der Waals surface area contributed by atoms with Gasteiger partial charge in [0.15, 0.2) is 0 Å². The summed E-state index contributed by atoms with van der Waals surface area (Å²) in [6, 6.07) is 7.56. The standard InChI is InChI=1S/C20H32N4O2S/c1-3-23(2)20(26)18(27)15-21-16-8-7-9-17(14-16)22-19(25)10-13-24-11-5-4-6-12-24/h7-9,14,18,21,27H,3-6,10-13,15H2,1-2H3,(H,22,25). The molecule has 0 bridgehead atoms. The Morgan fingerprint density at radius 2 is 1.93 bits per heavy atom. The average molecular weight is 393 g/mol. The number of hydrogen-bond donors (Lipinski definition) is 3. The zero-order valence-electron chi connectivity index (χ0n) is 16.4. The number of anilines is 2. The normalized spacial score (nSPS) is 15.8. The van der Waals surface area contributed by atoms with Gasteiger partial charge in [-0.1, -0.05) is 12.5 Å². The van der Waals surface area contributed by atoms with Gasteiger partial charge < -0.3 is 20.4 Å². The number of thiol groups is 1. The maximum atomic E-state index is 12.2. The van der Waals surface area contributed by atoms with Gasteiger partial charge in [0.1, 0.15) is 0 Å². The lowest BCUT2D eigenvalue weighted by atomic mass is 10.1. The number of piperidine rings is 1. The highest BCUT2D eigenvalue weighted by atomic mass is 32.1. The van der Waals surface area contributed by atoms with Crippen LogP contribution in [0.2, 0.25) is 0 Å². The Kier molecular flexibility index (Phi) is 8.94. The summed E-state index contributed by atoms with van der Waals surface area (Å²) in [6.07, 6.45) is 4.28. The zero-order chi connectivity index (χ0) is 19.6. The largest absolute Gasteiger partial charge is 0.383 e. The smallest absolute Gasteiger partial charge is 0.236 e. The highest BCUT2D eigenvalue weighted by molar-refractivity contribution is 7.81. The van der Waals surface area contributed by atoms with Crippen LogP contribution < -0.4 is 10.6 Å². The molecule has 1 unspecified atom stereocenters. The Morgan fingerprint density at radius 3 is 2.63 bits per heavy atom. The van der Waals surface area contributed by atoms with Gasteiger partial charge >= 0.3 is 0 Å². The fraction of sp³-hybridized carbons (Fsp3) is 0.600. The number of rotatable bonds is 9. The Hall–Kier alpha value is -1.73.